The van der Waals surface area contributed by atoms with Crippen LogP contribution in [-0.4, -0.2) is 9.79 Å². The first-order valence-corrected chi connectivity index (χ1v) is 13.1. The van der Waals surface area contributed by atoms with Crippen molar-refractivity contribution in [1.82, 2.24) is 0 Å². The Kier molecular flexibility index (Phi) is 6.41. The smallest absolute Gasteiger partial charge is 0.235 e. The van der Waals surface area contributed by atoms with Gasteiger partial charge in [-0.05, 0) is 60.8 Å². The zero-order valence-electron chi connectivity index (χ0n) is 13.1. The standard InChI is InChI=1S/C14H23Cl2O2PS2/c1-13(2,3)10-7-8-12(11(9-10)14(4,5)6)20-19(17,18)21(15)16/h7-9,17-18H,1-6H3. The van der Waals surface area contributed by atoms with Gasteiger partial charge in [-0.1, -0.05) is 53.7 Å². The Morgan fingerprint density at radius 2 is 1.52 bits per heavy atom. The van der Waals surface area contributed by atoms with Gasteiger partial charge in [-0.15, -0.1) is 0 Å². The molecule has 0 aliphatic heterocycles. The van der Waals surface area contributed by atoms with Gasteiger partial charge in [0.1, 0.15) is 0 Å². The first-order chi connectivity index (χ1) is 9.25. The molecule has 21 heavy (non-hydrogen) atoms. The highest BCUT2D eigenvalue weighted by molar-refractivity contribution is 8.80. The summed E-state index contributed by atoms with van der Waals surface area (Å²) < 4.78 is 0. The van der Waals surface area contributed by atoms with Gasteiger partial charge < -0.3 is 9.79 Å². The van der Waals surface area contributed by atoms with Crippen molar-refractivity contribution < 1.29 is 9.79 Å². The zero-order chi connectivity index (χ0) is 16.6. The molecule has 1 aromatic carbocycles. The van der Waals surface area contributed by atoms with Crippen molar-refractivity contribution >= 4 is 46.9 Å². The number of rotatable bonds is 2. The predicted molar refractivity (Wildman–Crippen MR) is 100 cm³/mol. The van der Waals surface area contributed by atoms with Crippen molar-refractivity contribution in [3.05, 3.63) is 29.3 Å². The van der Waals surface area contributed by atoms with Crippen molar-refractivity contribution in [2.75, 3.05) is 0 Å². The van der Waals surface area contributed by atoms with Crippen LogP contribution in [0, 0.1) is 0 Å². The third-order valence-electron chi connectivity index (χ3n) is 3.05. The minimum absolute atomic E-state index is 0.0388. The average Bonchev–Trinajstić information content (AvgIpc) is 2.25. The van der Waals surface area contributed by atoms with E-state index in [0.717, 1.165) is 21.8 Å². The van der Waals surface area contributed by atoms with Gasteiger partial charge in [0.25, 0.3) is 0 Å². The van der Waals surface area contributed by atoms with Crippen LogP contribution in [0.25, 0.3) is 0 Å². The highest BCUT2D eigenvalue weighted by Gasteiger charge is 2.26. The summed E-state index contributed by atoms with van der Waals surface area (Å²) in [5, 5.41) is 0. The highest BCUT2D eigenvalue weighted by Crippen LogP contribution is 2.62. The summed E-state index contributed by atoms with van der Waals surface area (Å²) in [5.41, 5.74) is -1.19. The fourth-order valence-corrected chi connectivity index (χ4v) is 6.89. The van der Waals surface area contributed by atoms with Gasteiger partial charge in [0, 0.05) is 4.90 Å². The third-order valence-corrected chi connectivity index (χ3v) is 13.5. The summed E-state index contributed by atoms with van der Waals surface area (Å²) in [4.78, 5) is 20.9. The lowest BCUT2D eigenvalue weighted by Crippen LogP contribution is -2.17. The van der Waals surface area contributed by atoms with Crippen LogP contribution in [0.15, 0.2) is 23.1 Å². The van der Waals surface area contributed by atoms with E-state index in [9.17, 15) is 9.79 Å². The third kappa shape index (κ3) is 5.46. The molecule has 0 bridgehead atoms. The maximum absolute atomic E-state index is 10.0. The van der Waals surface area contributed by atoms with Crippen molar-refractivity contribution in [2.45, 2.75) is 57.3 Å². The SMILES string of the molecule is CC(C)(C)c1ccc(SP(O)(O)=S(Cl)Cl)c(C(C)(C)C)c1. The largest absolute Gasteiger partial charge is 0.340 e. The van der Waals surface area contributed by atoms with E-state index in [0.29, 0.717) is 0 Å². The second-order valence-electron chi connectivity index (χ2n) is 6.99. The molecule has 0 atom stereocenters. The molecule has 0 aliphatic carbocycles. The molecule has 2 N–H and O–H groups in total. The average molecular weight is 389 g/mol. The molecule has 122 valence electrons. The first-order valence-electron chi connectivity index (χ1n) is 6.52. The minimum atomic E-state index is -3.41. The molecule has 0 radical (unpaired) electrons. The fraction of sp³-hybridized carbons (Fsp3) is 0.571. The van der Waals surface area contributed by atoms with Crippen molar-refractivity contribution in [2.24, 2.45) is 0 Å². The predicted octanol–water partition coefficient (Wildman–Crippen LogP) is 5.96. The van der Waals surface area contributed by atoms with Gasteiger partial charge in [-0.3, -0.25) is 0 Å². The number of hydrogen-bond acceptors (Lipinski definition) is 1. The maximum atomic E-state index is 10.0. The van der Waals surface area contributed by atoms with E-state index in [1.54, 1.807) is 0 Å². The molecule has 1 aromatic rings. The van der Waals surface area contributed by atoms with Gasteiger partial charge in [0.2, 0.25) is 5.69 Å². The van der Waals surface area contributed by atoms with Gasteiger partial charge in [-0.2, -0.15) is 0 Å². The maximum Gasteiger partial charge on any atom is 0.235 e. The minimum Gasteiger partial charge on any atom is -0.340 e. The van der Waals surface area contributed by atoms with Gasteiger partial charge >= 0.3 is 0 Å². The molecular formula is C14H23Cl2O2PS2. The molecule has 0 fully saturated rings. The Morgan fingerprint density at radius 3 is 1.90 bits per heavy atom. The van der Waals surface area contributed by atoms with Crippen LogP contribution in [0.3, 0.4) is 0 Å². The van der Waals surface area contributed by atoms with Gasteiger partial charge in [0.15, 0.2) is 0 Å². The molecule has 0 heterocycles. The molecular weight excluding hydrogens is 366 g/mol. The summed E-state index contributed by atoms with van der Waals surface area (Å²) in [6.07, 6.45) is 0. The lowest BCUT2D eigenvalue weighted by Gasteiger charge is -2.28. The van der Waals surface area contributed by atoms with E-state index < -0.39 is 14.2 Å². The molecule has 2 nitrogen and oxygen atoms in total. The van der Waals surface area contributed by atoms with E-state index in [-0.39, 0.29) is 10.8 Å². The number of benzene rings is 1. The summed E-state index contributed by atoms with van der Waals surface area (Å²) in [5.74, 6) is 0. The summed E-state index contributed by atoms with van der Waals surface area (Å²) in [6.45, 7) is 12.8. The second-order valence-corrected chi connectivity index (χ2v) is 18.0. The summed E-state index contributed by atoms with van der Waals surface area (Å²) in [7, 11) is 9.97. The van der Waals surface area contributed by atoms with E-state index >= 15 is 0 Å². The van der Waals surface area contributed by atoms with Crippen LogP contribution < -0.4 is 0 Å². The molecule has 0 aliphatic rings. The van der Waals surface area contributed by atoms with Crippen molar-refractivity contribution in [3.8, 4) is 0 Å². The second kappa shape index (κ2) is 6.76. The van der Waals surface area contributed by atoms with Crippen LogP contribution in [0.4, 0.5) is 0 Å². The van der Waals surface area contributed by atoms with E-state index in [2.05, 4.69) is 47.6 Å². The normalized spacial score (nSPS) is 13.9. The molecule has 1 rings (SSSR count). The van der Waals surface area contributed by atoms with E-state index in [4.69, 9.17) is 21.4 Å². The molecule has 7 heteroatoms. The fourth-order valence-electron chi connectivity index (χ4n) is 1.82. The molecule has 0 saturated carbocycles. The zero-order valence-corrected chi connectivity index (χ0v) is 17.2. The molecule has 0 spiro atoms. The monoisotopic (exact) mass is 388 g/mol. The van der Waals surface area contributed by atoms with Crippen LogP contribution in [0.1, 0.15) is 52.7 Å². The lowest BCUT2D eigenvalue weighted by atomic mass is 9.81. The molecule has 0 amide bonds. The van der Waals surface area contributed by atoms with Crippen molar-refractivity contribution in [3.63, 3.8) is 0 Å². The van der Waals surface area contributed by atoms with Gasteiger partial charge in [-0.25, -0.2) is 0 Å². The van der Waals surface area contributed by atoms with E-state index in [1.165, 1.54) is 5.56 Å². The topological polar surface area (TPSA) is 40.5 Å². The van der Waals surface area contributed by atoms with Crippen LogP contribution in [-0.2, 0) is 19.3 Å². The van der Waals surface area contributed by atoms with Crippen LogP contribution in [0.2, 0.25) is 0 Å². The Labute approximate surface area is 143 Å². The van der Waals surface area contributed by atoms with Crippen LogP contribution in [0.5, 0.6) is 0 Å². The molecule has 0 aromatic heterocycles. The Balaban J connectivity index is 3.45. The number of halogens is 2. The lowest BCUT2D eigenvalue weighted by molar-refractivity contribution is 0.501. The Morgan fingerprint density at radius 1 is 1.00 bits per heavy atom. The molecule has 0 saturated heterocycles. The highest BCUT2D eigenvalue weighted by atomic mass is 36.0. The Bertz CT molecular complexity index is 580. The van der Waals surface area contributed by atoms with Crippen LogP contribution >= 0.6 is 38.4 Å². The number of hydrogen-bond donors (Lipinski definition) is 2. The first kappa shape index (κ1) is 19.9. The van der Waals surface area contributed by atoms with E-state index in [1.807, 2.05) is 12.1 Å². The Hall–Kier alpha value is 0.850. The van der Waals surface area contributed by atoms with Gasteiger partial charge in [0.05, 0.1) is 8.50 Å². The summed E-state index contributed by atoms with van der Waals surface area (Å²) in [6, 6.07) is 6.11. The van der Waals surface area contributed by atoms with Crippen molar-refractivity contribution in [1.29, 1.82) is 0 Å². The molecule has 0 unspecified atom stereocenters. The quantitative estimate of drug-likeness (QED) is 0.613. The summed E-state index contributed by atoms with van der Waals surface area (Å²) >= 11 is 0.997.